The fourth-order valence-corrected chi connectivity index (χ4v) is 3.17. The van der Waals surface area contributed by atoms with E-state index in [1.165, 1.54) is 11.3 Å². The van der Waals surface area contributed by atoms with Crippen LogP contribution in [0.5, 0.6) is 11.5 Å². The van der Waals surface area contributed by atoms with Crippen molar-refractivity contribution < 1.29 is 9.47 Å². The Morgan fingerprint density at radius 2 is 1.89 bits per heavy atom. The third-order valence-corrected chi connectivity index (χ3v) is 3.88. The molecule has 0 aliphatic carbocycles. The van der Waals surface area contributed by atoms with E-state index in [0.717, 1.165) is 37.4 Å². The summed E-state index contributed by atoms with van der Waals surface area (Å²) < 4.78 is 12.0. The number of ether oxygens (including phenoxy) is 2. The van der Waals surface area contributed by atoms with Gasteiger partial charge in [0.15, 0.2) is 0 Å². The summed E-state index contributed by atoms with van der Waals surface area (Å²) in [6.07, 6.45) is 3.52. The molecule has 3 rings (SSSR count). The predicted molar refractivity (Wildman–Crippen MR) is 74.6 cm³/mol. The Morgan fingerprint density at radius 3 is 2.61 bits per heavy atom. The maximum Gasteiger partial charge on any atom is 0.144 e. The predicted octanol–water partition coefficient (Wildman–Crippen LogP) is 3.05. The Labute approximate surface area is 108 Å². The Hall–Kier alpha value is -2.01. The standard InChI is InChI=1S/C13H12N2O2S/c1-16-11-8-5-10(14)18-13(8)12(17-2)7-3-4-15-6-9(7)11/h3-6H,14H2,1-2H3. The first kappa shape index (κ1) is 11.1. The minimum atomic E-state index is 0.741. The van der Waals surface area contributed by atoms with Gasteiger partial charge in [0.25, 0.3) is 0 Å². The lowest BCUT2D eigenvalue weighted by Gasteiger charge is -2.11. The van der Waals surface area contributed by atoms with Crippen molar-refractivity contribution in [3.05, 3.63) is 24.5 Å². The lowest BCUT2D eigenvalue weighted by molar-refractivity contribution is 0.418. The third-order valence-electron chi connectivity index (χ3n) is 2.92. The van der Waals surface area contributed by atoms with Crippen LogP contribution in [-0.2, 0) is 0 Å². The molecule has 0 bridgehead atoms. The van der Waals surface area contributed by atoms with Gasteiger partial charge in [-0.1, -0.05) is 0 Å². The van der Waals surface area contributed by atoms with E-state index in [4.69, 9.17) is 15.2 Å². The van der Waals surface area contributed by atoms with Crippen LogP contribution in [0.1, 0.15) is 0 Å². The number of pyridine rings is 1. The summed E-state index contributed by atoms with van der Waals surface area (Å²) in [6.45, 7) is 0. The zero-order valence-electron chi connectivity index (χ0n) is 10.1. The average molecular weight is 260 g/mol. The van der Waals surface area contributed by atoms with Gasteiger partial charge in [0.05, 0.1) is 23.9 Å². The van der Waals surface area contributed by atoms with Crippen molar-refractivity contribution in [2.45, 2.75) is 0 Å². The number of methoxy groups -OCH3 is 2. The van der Waals surface area contributed by atoms with Crippen LogP contribution in [0, 0.1) is 0 Å². The minimum absolute atomic E-state index is 0.741. The Morgan fingerprint density at radius 1 is 1.11 bits per heavy atom. The molecule has 18 heavy (non-hydrogen) atoms. The van der Waals surface area contributed by atoms with E-state index in [1.807, 2.05) is 12.1 Å². The van der Waals surface area contributed by atoms with Crippen LogP contribution in [0.2, 0.25) is 0 Å². The van der Waals surface area contributed by atoms with Crippen LogP contribution in [-0.4, -0.2) is 19.2 Å². The number of fused-ring (bicyclic) bond motifs is 2. The van der Waals surface area contributed by atoms with Crippen LogP contribution in [0.25, 0.3) is 20.9 Å². The normalized spacial score (nSPS) is 11.0. The molecule has 92 valence electrons. The van der Waals surface area contributed by atoms with Crippen LogP contribution in [0.15, 0.2) is 24.5 Å². The van der Waals surface area contributed by atoms with Crippen molar-refractivity contribution in [2.24, 2.45) is 0 Å². The smallest absolute Gasteiger partial charge is 0.144 e. The lowest BCUT2D eigenvalue weighted by Crippen LogP contribution is -1.91. The van der Waals surface area contributed by atoms with Crippen LogP contribution < -0.4 is 15.2 Å². The number of hydrogen-bond donors (Lipinski definition) is 1. The molecule has 0 aliphatic rings. The number of hydrogen-bond acceptors (Lipinski definition) is 5. The van der Waals surface area contributed by atoms with E-state index >= 15 is 0 Å². The molecular weight excluding hydrogens is 248 g/mol. The van der Waals surface area contributed by atoms with Gasteiger partial charge in [0, 0.05) is 28.6 Å². The lowest BCUT2D eigenvalue weighted by atomic mass is 10.1. The maximum absolute atomic E-state index is 5.89. The van der Waals surface area contributed by atoms with Crippen molar-refractivity contribution in [2.75, 3.05) is 20.0 Å². The molecule has 0 amide bonds. The number of anilines is 1. The highest BCUT2D eigenvalue weighted by molar-refractivity contribution is 7.23. The Bertz CT molecular complexity index is 676. The molecule has 3 aromatic rings. The molecule has 0 aliphatic heterocycles. The van der Waals surface area contributed by atoms with Crippen molar-refractivity contribution >= 4 is 37.2 Å². The molecule has 1 aromatic carbocycles. The molecule has 0 spiro atoms. The van der Waals surface area contributed by atoms with Crippen molar-refractivity contribution in [3.63, 3.8) is 0 Å². The number of nitrogen functional groups attached to an aromatic ring is 1. The van der Waals surface area contributed by atoms with E-state index in [1.54, 1.807) is 26.6 Å². The topological polar surface area (TPSA) is 57.4 Å². The van der Waals surface area contributed by atoms with E-state index in [2.05, 4.69) is 4.98 Å². The molecule has 2 N–H and O–H groups in total. The van der Waals surface area contributed by atoms with Crippen molar-refractivity contribution in [1.82, 2.24) is 4.98 Å². The Kier molecular flexibility index (Phi) is 2.48. The first-order chi connectivity index (χ1) is 8.76. The van der Waals surface area contributed by atoms with E-state index in [-0.39, 0.29) is 0 Å². The molecule has 2 heterocycles. The summed E-state index contributed by atoms with van der Waals surface area (Å²) in [5.41, 5.74) is 5.89. The van der Waals surface area contributed by atoms with E-state index in [0.29, 0.717) is 0 Å². The highest BCUT2D eigenvalue weighted by Gasteiger charge is 2.17. The van der Waals surface area contributed by atoms with Gasteiger partial charge in [-0.2, -0.15) is 0 Å². The zero-order chi connectivity index (χ0) is 12.7. The second kappa shape index (κ2) is 4.03. The quantitative estimate of drug-likeness (QED) is 0.769. The summed E-state index contributed by atoms with van der Waals surface area (Å²) in [4.78, 5) is 4.15. The monoisotopic (exact) mass is 260 g/mol. The SMILES string of the molecule is COc1c2cnccc2c(OC)c2sc(N)cc12. The summed E-state index contributed by atoms with van der Waals surface area (Å²) in [5, 5.41) is 3.63. The largest absolute Gasteiger partial charge is 0.495 e. The molecule has 5 heteroatoms. The van der Waals surface area contributed by atoms with Gasteiger partial charge >= 0.3 is 0 Å². The zero-order valence-corrected chi connectivity index (χ0v) is 10.9. The summed E-state index contributed by atoms with van der Waals surface area (Å²) >= 11 is 1.50. The number of thiophene rings is 1. The van der Waals surface area contributed by atoms with Gasteiger partial charge < -0.3 is 15.2 Å². The molecule has 0 fully saturated rings. The van der Waals surface area contributed by atoms with Crippen molar-refractivity contribution in [3.8, 4) is 11.5 Å². The molecule has 0 saturated carbocycles. The second-order valence-electron chi connectivity index (χ2n) is 3.88. The molecule has 0 unspecified atom stereocenters. The molecule has 2 aromatic heterocycles. The summed E-state index contributed by atoms with van der Waals surface area (Å²) in [5.74, 6) is 1.62. The Balaban J connectivity index is 2.60. The van der Waals surface area contributed by atoms with Gasteiger partial charge in [-0.3, -0.25) is 4.98 Å². The van der Waals surface area contributed by atoms with Crippen LogP contribution in [0.3, 0.4) is 0 Å². The highest BCUT2D eigenvalue weighted by atomic mass is 32.1. The fourth-order valence-electron chi connectivity index (χ4n) is 2.21. The molecule has 4 nitrogen and oxygen atoms in total. The van der Waals surface area contributed by atoms with Gasteiger partial charge in [-0.15, -0.1) is 11.3 Å². The fraction of sp³-hybridized carbons (Fsp3) is 0.154. The molecule has 0 radical (unpaired) electrons. The third kappa shape index (κ3) is 1.41. The number of nitrogens with two attached hydrogens (primary N) is 1. The first-order valence-corrected chi connectivity index (χ1v) is 6.24. The molecular formula is C13H12N2O2S. The van der Waals surface area contributed by atoms with Crippen molar-refractivity contribution in [1.29, 1.82) is 0 Å². The van der Waals surface area contributed by atoms with E-state index < -0.39 is 0 Å². The number of aromatic nitrogens is 1. The van der Waals surface area contributed by atoms with Crippen LogP contribution >= 0.6 is 11.3 Å². The van der Waals surface area contributed by atoms with Gasteiger partial charge in [0.2, 0.25) is 0 Å². The first-order valence-electron chi connectivity index (χ1n) is 5.43. The molecule has 0 atom stereocenters. The minimum Gasteiger partial charge on any atom is -0.495 e. The second-order valence-corrected chi connectivity index (χ2v) is 4.96. The molecule has 0 saturated heterocycles. The van der Waals surface area contributed by atoms with Crippen LogP contribution in [0.4, 0.5) is 5.00 Å². The number of nitrogens with zero attached hydrogens (tertiary/aromatic N) is 1. The van der Waals surface area contributed by atoms with Gasteiger partial charge in [-0.25, -0.2) is 0 Å². The summed E-state index contributed by atoms with van der Waals surface area (Å²) in [7, 11) is 3.32. The van der Waals surface area contributed by atoms with E-state index in [9.17, 15) is 0 Å². The summed E-state index contributed by atoms with van der Waals surface area (Å²) in [6, 6.07) is 3.83. The van der Waals surface area contributed by atoms with Gasteiger partial charge in [0.1, 0.15) is 11.5 Å². The highest BCUT2D eigenvalue weighted by Crippen LogP contribution is 2.46. The maximum atomic E-state index is 5.89. The number of rotatable bonds is 2. The van der Waals surface area contributed by atoms with Gasteiger partial charge in [-0.05, 0) is 12.1 Å². The average Bonchev–Trinajstić information content (AvgIpc) is 2.76. The number of benzene rings is 1.